The Labute approximate surface area is 488 Å². The van der Waals surface area contributed by atoms with Crippen LogP contribution in [0.4, 0.5) is 0 Å². The van der Waals surface area contributed by atoms with Crippen LogP contribution in [0.15, 0.2) is 109 Å². The van der Waals surface area contributed by atoms with E-state index in [4.69, 9.17) is 23.3 Å². The van der Waals surface area contributed by atoms with Crippen LogP contribution in [0.1, 0.15) is 265 Å². The van der Waals surface area contributed by atoms with Gasteiger partial charge in [-0.25, -0.2) is 4.57 Å². The molecule has 0 spiro atoms. The third-order valence-corrected chi connectivity index (χ3v) is 14.1. The highest BCUT2D eigenvalue weighted by Crippen LogP contribution is 2.43. The zero-order chi connectivity index (χ0) is 58.3. The Morgan fingerprint density at radius 2 is 0.662 bits per heavy atom. The summed E-state index contributed by atoms with van der Waals surface area (Å²) in [5.41, 5.74) is 0. The molecule has 0 bridgehead atoms. The van der Waals surface area contributed by atoms with Gasteiger partial charge in [-0.05, 0) is 96.3 Å². The Hall–Kier alpha value is -3.86. The molecule has 0 aromatic carbocycles. The van der Waals surface area contributed by atoms with E-state index in [9.17, 15) is 28.9 Å². The number of allylic oxidation sites excluding steroid dienone is 18. The van der Waals surface area contributed by atoms with Crippen molar-refractivity contribution in [1.82, 2.24) is 0 Å². The number of ether oxygens (including phenoxy) is 3. The van der Waals surface area contributed by atoms with E-state index in [2.05, 4.69) is 124 Å². The van der Waals surface area contributed by atoms with Crippen molar-refractivity contribution >= 4 is 25.7 Å². The number of phosphoric ester groups is 1. The second-order valence-electron chi connectivity index (χ2n) is 20.8. The van der Waals surface area contributed by atoms with E-state index in [1.165, 1.54) is 96.3 Å². The third kappa shape index (κ3) is 58.8. The number of hydrogen-bond donors (Lipinski definition) is 2. The van der Waals surface area contributed by atoms with E-state index in [-0.39, 0.29) is 25.9 Å². The number of hydrogen-bond acceptors (Lipinski definition) is 10. The van der Waals surface area contributed by atoms with Crippen LogP contribution in [0.25, 0.3) is 0 Å². The van der Waals surface area contributed by atoms with Gasteiger partial charge in [-0.1, -0.05) is 259 Å². The van der Waals surface area contributed by atoms with Crippen LogP contribution in [-0.4, -0.2) is 66.5 Å². The zero-order valence-electron chi connectivity index (χ0n) is 50.8. The average molecular weight is 1140 g/mol. The Kier molecular flexibility index (Phi) is 58.3. The van der Waals surface area contributed by atoms with E-state index in [1.54, 1.807) is 0 Å². The van der Waals surface area contributed by atoms with Crippen LogP contribution in [-0.2, 0) is 42.2 Å². The average Bonchev–Trinajstić information content (AvgIpc) is 3.45. The monoisotopic (exact) mass is 1140 g/mol. The summed E-state index contributed by atoms with van der Waals surface area (Å²) in [5.74, 6) is -1.56. The van der Waals surface area contributed by atoms with Crippen LogP contribution in [0.5, 0.6) is 0 Å². The molecule has 0 fully saturated rings. The SMILES string of the molecule is CC/C=C\C/C=C\C/C=C\C/C=C\C/C=C\CCCC(=O)OCC(COP(=O)(O)OCC(CO)OC(=O)CCCCCC/C=C\C/C=C\C/C=C\C/C=C\CC)OC(=O)CCCCCCCCCCCCCCCCCCCCC. The first kappa shape index (κ1) is 76.1. The lowest BCUT2D eigenvalue weighted by molar-refractivity contribution is -0.161. The van der Waals surface area contributed by atoms with E-state index in [0.717, 1.165) is 103 Å². The number of aliphatic hydroxyl groups excluding tert-OH is 1. The molecule has 2 N–H and O–H groups in total. The second-order valence-corrected chi connectivity index (χ2v) is 22.3. The molecular weight excluding hydrogens is 1020 g/mol. The van der Waals surface area contributed by atoms with Gasteiger partial charge in [-0.2, -0.15) is 0 Å². The van der Waals surface area contributed by atoms with Gasteiger partial charge in [0, 0.05) is 19.3 Å². The highest BCUT2D eigenvalue weighted by Gasteiger charge is 2.28. The molecule has 12 heteroatoms. The van der Waals surface area contributed by atoms with Crippen LogP contribution >= 0.6 is 7.82 Å². The van der Waals surface area contributed by atoms with Crippen molar-refractivity contribution in [2.75, 3.05) is 26.4 Å². The van der Waals surface area contributed by atoms with Gasteiger partial charge < -0.3 is 24.2 Å². The van der Waals surface area contributed by atoms with Crippen LogP contribution in [0.2, 0.25) is 0 Å². The van der Waals surface area contributed by atoms with Crippen molar-refractivity contribution in [1.29, 1.82) is 0 Å². The molecule has 0 aliphatic rings. The Morgan fingerprint density at radius 3 is 1.04 bits per heavy atom. The minimum Gasteiger partial charge on any atom is -0.462 e. The highest BCUT2D eigenvalue weighted by atomic mass is 31.2. The fourth-order valence-corrected chi connectivity index (χ4v) is 9.23. The summed E-state index contributed by atoms with van der Waals surface area (Å²) >= 11 is 0. The van der Waals surface area contributed by atoms with Crippen LogP contribution < -0.4 is 0 Å². The van der Waals surface area contributed by atoms with Gasteiger partial charge >= 0.3 is 25.7 Å². The van der Waals surface area contributed by atoms with Gasteiger partial charge in [-0.15, -0.1) is 0 Å². The molecule has 0 saturated heterocycles. The first-order chi connectivity index (χ1) is 39.2. The summed E-state index contributed by atoms with van der Waals surface area (Å²) in [6.45, 7) is 4.36. The van der Waals surface area contributed by atoms with Gasteiger partial charge in [0.25, 0.3) is 0 Å². The number of carbonyl (C=O) groups excluding carboxylic acids is 3. The van der Waals surface area contributed by atoms with Crippen molar-refractivity contribution in [3.63, 3.8) is 0 Å². The molecule has 3 atom stereocenters. The molecule has 0 aliphatic carbocycles. The maximum Gasteiger partial charge on any atom is 0.472 e. The number of carbonyl (C=O) groups is 3. The van der Waals surface area contributed by atoms with Crippen molar-refractivity contribution < 1.29 is 52.2 Å². The van der Waals surface area contributed by atoms with E-state index in [0.29, 0.717) is 25.7 Å². The predicted octanol–water partition coefficient (Wildman–Crippen LogP) is 19.4. The molecule has 0 aromatic rings. The Bertz CT molecular complexity index is 1760. The van der Waals surface area contributed by atoms with Gasteiger partial charge in [0.1, 0.15) is 12.7 Å². The lowest BCUT2D eigenvalue weighted by Crippen LogP contribution is -2.30. The van der Waals surface area contributed by atoms with E-state index >= 15 is 0 Å². The van der Waals surface area contributed by atoms with Crippen molar-refractivity contribution in [3.8, 4) is 0 Å². The summed E-state index contributed by atoms with van der Waals surface area (Å²) in [4.78, 5) is 48.7. The molecule has 0 heterocycles. The molecule has 0 aromatic heterocycles. The van der Waals surface area contributed by atoms with Crippen molar-refractivity contribution in [3.05, 3.63) is 109 Å². The molecule has 0 radical (unpaired) electrons. The minimum absolute atomic E-state index is 0.141. The van der Waals surface area contributed by atoms with Gasteiger partial charge in [0.2, 0.25) is 0 Å². The molecule has 3 unspecified atom stereocenters. The van der Waals surface area contributed by atoms with Crippen molar-refractivity contribution in [2.45, 2.75) is 277 Å². The fraction of sp³-hybridized carbons (Fsp3) is 0.691. The Morgan fingerprint density at radius 1 is 0.362 bits per heavy atom. The molecule has 458 valence electrons. The number of phosphoric acid groups is 1. The number of aliphatic hydroxyl groups is 1. The first-order valence-corrected chi connectivity index (χ1v) is 33.3. The highest BCUT2D eigenvalue weighted by molar-refractivity contribution is 7.47. The molecule has 0 rings (SSSR count). The lowest BCUT2D eigenvalue weighted by Gasteiger charge is -2.21. The van der Waals surface area contributed by atoms with Gasteiger partial charge in [0.15, 0.2) is 6.10 Å². The summed E-state index contributed by atoms with van der Waals surface area (Å²) in [6, 6.07) is 0. The smallest absolute Gasteiger partial charge is 0.462 e. The van der Waals surface area contributed by atoms with Crippen LogP contribution in [0.3, 0.4) is 0 Å². The number of esters is 3. The standard InChI is InChI=1S/C68H115O11P/c1-4-7-10-13-16-19-22-25-28-31-32-35-38-41-44-47-50-53-56-59-68(72)79-65(61-75-66(70)57-54-51-48-45-42-39-36-33-29-26-23-20-17-14-11-8-5-2)63-77-80(73,74)76-62-64(60-69)78-67(71)58-55-52-49-46-43-40-37-34-30-27-24-21-18-15-12-9-6-3/h8-9,11-12,17-18,20-21,26-27,29-30,36-37,39-40,45,48,64-65,69H,4-7,10,13-16,19,22-25,28,31-35,38,41-44,46-47,49-63H2,1-3H3,(H,73,74)/b11-8-,12-9-,20-17-,21-18-,29-26-,30-27-,39-36-,40-37-,48-45-. The quantitative estimate of drug-likeness (QED) is 0.0197. The van der Waals surface area contributed by atoms with Crippen molar-refractivity contribution in [2.24, 2.45) is 0 Å². The van der Waals surface area contributed by atoms with Gasteiger partial charge in [0.05, 0.1) is 19.8 Å². The number of unbranched alkanes of at least 4 members (excludes halogenated alkanes) is 23. The molecule has 11 nitrogen and oxygen atoms in total. The predicted molar refractivity (Wildman–Crippen MR) is 334 cm³/mol. The first-order valence-electron chi connectivity index (χ1n) is 31.8. The summed E-state index contributed by atoms with van der Waals surface area (Å²) < 4.78 is 39.6. The molecule has 0 aliphatic heterocycles. The summed E-state index contributed by atoms with van der Waals surface area (Å²) in [7, 11) is -4.78. The maximum atomic E-state index is 13.0. The largest absolute Gasteiger partial charge is 0.472 e. The summed E-state index contributed by atoms with van der Waals surface area (Å²) in [6.07, 6.45) is 74.8. The van der Waals surface area contributed by atoms with E-state index < -0.39 is 57.8 Å². The normalized spacial score (nSPS) is 14.0. The molecule has 80 heavy (non-hydrogen) atoms. The second kappa shape index (κ2) is 61.2. The maximum absolute atomic E-state index is 13.0. The molecule has 0 saturated carbocycles. The van der Waals surface area contributed by atoms with Crippen LogP contribution in [0, 0.1) is 0 Å². The number of rotatable bonds is 58. The molecular formula is C68H115O11P. The fourth-order valence-electron chi connectivity index (χ4n) is 8.44. The zero-order valence-corrected chi connectivity index (χ0v) is 51.7. The molecule has 0 amide bonds. The van der Waals surface area contributed by atoms with E-state index in [1.807, 2.05) is 6.08 Å². The Balaban J connectivity index is 4.79. The van der Waals surface area contributed by atoms with Gasteiger partial charge in [-0.3, -0.25) is 23.4 Å². The third-order valence-electron chi connectivity index (χ3n) is 13.2. The minimum atomic E-state index is -4.78. The summed E-state index contributed by atoms with van der Waals surface area (Å²) in [5, 5.41) is 9.85. The topological polar surface area (TPSA) is 155 Å². The lowest BCUT2D eigenvalue weighted by atomic mass is 10.0.